The SMILES string of the molecule is Cc1cc(C(=O)c2c(C)[nH]n(C)c2=O)c(Cl)cc1[N+](=O)[O-]. The number of halogens is 1. The van der Waals surface area contributed by atoms with Crippen molar-refractivity contribution in [2.45, 2.75) is 13.8 Å². The first-order valence-electron chi connectivity index (χ1n) is 5.99. The molecule has 8 heteroatoms. The lowest BCUT2D eigenvalue weighted by atomic mass is 10.0. The molecular weight excluding hydrogens is 298 g/mol. The summed E-state index contributed by atoms with van der Waals surface area (Å²) in [6.45, 7) is 3.11. The third-order valence-corrected chi connectivity index (χ3v) is 3.50. The van der Waals surface area contributed by atoms with Crippen LogP contribution in [0.25, 0.3) is 0 Å². The molecule has 21 heavy (non-hydrogen) atoms. The topological polar surface area (TPSA) is 98.0 Å². The maximum absolute atomic E-state index is 12.5. The predicted molar refractivity (Wildman–Crippen MR) is 77.0 cm³/mol. The van der Waals surface area contributed by atoms with Gasteiger partial charge < -0.3 is 0 Å². The van der Waals surface area contributed by atoms with Crippen LogP contribution in [0.2, 0.25) is 5.02 Å². The van der Waals surface area contributed by atoms with Gasteiger partial charge in [-0.1, -0.05) is 11.6 Å². The van der Waals surface area contributed by atoms with Crippen molar-refractivity contribution in [3.8, 4) is 0 Å². The van der Waals surface area contributed by atoms with Crippen LogP contribution in [0.5, 0.6) is 0 Å². The zero-order chi connectivity index (χ0) is 15.9. The Balaban J connectivity index is 2.62. The smallest absolute Gasteiger partial charge is 0.277 e. The van der Waals surface area contributed by atoms with E-state index < -0.39 is 16.3 Å². The molecule has 1 aromatic heterocycles. The van der Waals surface area contributed by atoms with Crippen LogP contribution in [0.4, 0.5) is 5.69 Å². The monoisotopic (exact) mass is 309 g/mol. The second-order valence-electron chi connectivity index (χ2n) is 4.68. The minimum Gasteiger partial charge on any atom is -0.299 e. The molecule has 0 aliphatic rings. The summed E-state index contributed by atoms with van der Waals surface area (Å²) >= 11 is 5.96. The number of hydrogen-bond donors (Lipinski definition) is 1. The second-order valence-corrected chi connectivity index (χ2v) is 5.09. The van der Waals surface area contributed by atoms with Crippen LogP contribution in [-0.4, -0.2) is 20.5 Å². The molecule has 1 N–H and O–H groups in total. The molecule has 0 spiro atoms. The number of ketones is 1. The number of carbonyl (C=O) groups is 1. The summed E-state index contributed by atoms with van der Waals surface area (Å²) < 4.78 is 1.19. The number of aromatic nitrogens is 2. The highest BCUT2D eigenvalue weighted by atomic mass is 35.5. The molecule has 2 rings (SSSR count). The Morgan fingerprint density at radius 3 is 2.48 bits per heavy atom. The fraction of sp³-hybridized carbons (Fsp3) is 0.231. The van der Waals surface area contributed by atoms with Crippen LogP contribution in [0.1, 0.15) is 27.2 Å². The number of nitrogens with one attached hydrogen (secondary N) is 1. The van der Waals surface area contributed by atoms with Crippen LogP contribution in [0, 0.1) is 24.0 Å². The number of benzene rings is 1. The van der Waals surface area contributed by atoms with Gasteiger partial charge in [0, 0.05) is 29.9 Å². The third kappa shape index (κ3) is 2.47. The van der Waals surface area contributed by atoms with Crippen LogP contribution < -0.4 is 5.56 Å². The van der Waals surface area contributed by atoms with Gasteiger partial charge in [-0.15, -0.1) is 0 Å². The molecule has 1 heterocycles. The molecular formula is C13H12ClN3O4. The number of aromatic amines is 1. The fourth-order valence-corrected chi connectivity index (χ4v) is 2.37. The second kappa shape index (κ2) is 5.17. The minimum atomic E-state index is -0.573. The molecule has 2 aromatic rings. The highest BCUT2D eigenvalue weighted by Crippen LogP contribution is 2.28. The molecule has 0 saturated carbocycles. The fourth-order valence-electron chi connectivity index (χ4n) is 2.13. The van der Waals surface area contributed by atoms with Gasteiger partial charge in [0.05, 0.1) is 9.95 Å². The molecule has 0 radical (unpaired) electrons. The van der Waals surface area contributed by atoms with Crippen LogP contribution in [0.3, 0.4) is 0 Å². The maximum Gasteiger partial charge on any atom is 0.277 e. The quantitative estimate of drug-likeness (QED) is 0.533. The summed E-state index contributed by atoms with van der Waals surface area (Å²) in [5.74, 6) is -0.558. The van der Waals surface area contributed by atoms with Gasteiger partial charge in [0.2, 0.25) is 5.78 Å². The molecule has 110 valence electrons. The van der Waals surface area contributed by atoms with Crippen molar-refractivity contribution >= 4 is 23.1 Å². The number of carbonyl (C=O) groups excluding carboxylic acids is 1. The number of H-pyrrole nitrogens is 1. The van der Waals surface area contributed by atoms with E-state index in [0.717, 1.165) is 6.07 Å². The lowest BCUT2D eigenvalue weighted by molar-refractivity contribution is -0.385. The molecule has 0 fully saturated rings. The van der Waals surface area contributed by atoms with Crippen LogP contribution >= 0.6 is 11.6 Å². The van der Waals surface area contributed by atoms with E-state index in [1.807, 2.05) is 0 Å². The van der Waals surface area contributed by atoms with E-state index in [9.17, 15) is 19.7 Å². The molecule has 0 amide bonds. The van der Waals surface area contributed by atoms with Gasteiger partial charge in [0.15, 0.2) is 0 Å². The van der Waals surface area contributed by atoms with Gasteiger partial charge in [0.1, 0.15) is 5.56 Å². The molecule has 0 aliphatic heterocycles. The average Bonchev–Trinajstić information content (AvgIpc) is 2.64. The summed E-state index contributed by atoms with van der Waals surface area (Å²) in [6, 6.07) is 2.45. The van der Waals surface area contributed by atoms with Crippen molar-refractivity contribution in [1.29, 1.82) is 0 Å². The number of nitro groups is 1. The Bertz CT molecular complexity index is 820. The molecule has 0 atom stereocenters. The predicted octanol–water partition coefficient (Wildman–Crippen LogP) is 2.12. The number of nitrogens with zero attached hydrogens (tertiary/aromatic N) is 2. The van der Waals surface area contributed by atoms with E-state index in [0.29, 0.717) is 11.3 Å². The van der Waals surface area contributed by atoms with Crippen LogP contribution in [0.15, 0.2) is 16.9 Å². The van der Waals surface area contributed by atoms with E-state index in [1.165, 1.54) is 24.7 Å². The highest BCUT2D eigenvalue weighted by Gasteiger charge is 2.24. The van der Waals surface area contributed by atoms with Gasteiger partial charge in [-0.05, 0) is 19.9 Å². The van der Waals surface area contributed by atoms with Gasteiger partial charge in [-0.3, -0.25) is 29.5 Å². The molecule has 0 bridgehead atoms. The largest absolute Gasteiger partial charge is 0.299 e. The van der Waals surface area contributed by atoms with E-state index in [4.69, 9.17) is 11.6 Å². The number of rotatable bonds is 3. The minimum absolute atomic E-state index is 0.0207. The van der Waals surface area contributed by atoms with Crippen molar-refractivity contribution in [3.63, 3.8) is 0 Å². The Morgan fingerprint density at radius 1 is 1.38 bits per heavy atom. The standard InChI is InChI=1S/C13H12ClN3O4/c1-6-4-8(9(14)5-10(6)17(20)21)12(18)11-7(2)15-16(3)13(11)19/h4-5,15H,1-3H3. The molecule has 0 saturated heterocycles. The zero-order valence-corrected chi connectivity index (χ0v) is 12.3. The van der Waals surface area contributed by atoms with E-state index in [-0.39, 0.29) is 21.8 Å². The maximum atomic E-state index is 12.5. The first-order valence-corrected chi connectivity index (χ1v) is 6.36. The molecule has 0 aliphatic carbocycles. The summed E-state index contributed by atoms with van der Waals surface area (Å²) in [5.41, 5.74) is 0.129. The summed E-state index contributed by atoms with van der Waals surface area (Å²) in [6.07, 6.45) is 0. The van der Waals surface area contributed by atoms with Crippen molar-refractivity contribution < 1.29 is 9.72 Å². The number of aryl methyl sites for hydroxylation is 3. The Hall–Kier alpha value is -2.41. The van der Waals surface area contributed by atoms with Crippen molar-refractivity contribution in [2.75, 3.05) is 0 Å². The normalized spacial score (nSPS) is 10.7. The molecule has 7 nitrogen and oxygen atoms in total. The first-order chi connectivity index (χ1) is 9.73. The lowest BCUT2D eigenvalue weighted by Gasteiger charge is -2.05. The van der Waals surface area contributed by atoms with Gasteiger partial charge in [-0.25, -0.2) is 0 Å². The number of hydrogen-bond acceptors (Lipinski definition) is 4. The van der Waals surface area contributed by atoms with Crippen LogP contribution in [-0.2, 0) is 7.05 Å². The Kier molecular flexibility index (Phi) is 3.69. The van der Waals surface area contributed by atoms with Gasteiger partial charge >= 0.3 is 0 Å². The van der Waals surface area contributed by atoms with Crippen molar-refractivity contribution in [1.82, 2.24) is 9.78 Å². The zero-order valence-electron chi connectivity index (χ0n) is 11.6. The Labute approximate surface area is 124 Å². The summed E-state index contributed by atoms with van der Waals surface area (Å²) in [7, 11) is 1.49. The third-order valence-electron chi connectivity index (χ3n) is 3.18. The van der Waals surface area contributed by atoms with E-state index >= 15 is 0 Å². The number of nitro benzene ring substituents is 1. The van der Waals surface area contributed by atoms with Crippen molar-refractivity contribution in [3.05, 3.63) is 60.0 Å². The molecule has 1 aromatic carbocycles. The first kappa shape index (κ1) is 15.0. The van der Waals surface area contributed by atoms with Gasteiger partial charge in [-0.2, -0.15) is 0 Å². The van der Waals surface area contributed by atoms with Gasteiger partial charge in [0.25, 0.3) is 11.2 Å². The molecule has 0 unspecified atom stereocenters. The van der Waals surface area contributed by atoms with E-state index in [1.54, 1.807) is 6.92 Å². The lowest BCUT2D eigenvalue weighted by Crippen LogP contribution is -2.20. The van der Waals surface area contributed by atoms with E-state index in [2.05, 4.69) is 5.10 Å². The van der Waals surface area contributed by atoms with Crippen molar-refractivity contribution in [2.24, 2.45) is 7.05 Å². The average molecular weight is 310 g/mol. The Morgan fingerprint density at radius 2 is 2.00 bits per heavy atom. The summed E-state index contributed by atoms with van der Waals surface area (Å²) in [5, 5.41) is 13.5. The highest BCUT2D eigenvalue weighted by molar-refractivity contribution is 6.35. The summed E-state index contributed by atoms with van der Waals surface area (Å²) in [4.78, 5) is 34.7.